The van der Waals surface area contributed by atoms with Crippen molar-refractivity contribution in [1.82, 2.24) is 4.90 Å². The van der Waals surface area contributed by atoms with Crippen molar-refractivity contribution < 1.29 is 9.59 Å². The van der Waals surface area contributed by atoms with Crippen LogP contribution in [0.5, 0.6) is 0 Å². The van der Waals surface area contributed by atoms with E-state index in [0.717, 1.165) is 34.9 Å². The third kappa shape index (κ3) is 3.14. The van der Waals surface area contributed by atoms with Gasteiger partial charge in [0.05, 0.1) is 18.2 Å². The molecule has 0 spiro atoms. The molecule has 2 aliphatic rings. The quantitative estimate of drug-likeness (QED) is 0.672. The molecule has 1 unspecified atom stereocenters. The van der Waals surface area contributed by atoms with E-state index in [1.807, 2.05) is 12.1 Å². The van der Waals surface area contributed by atoms with Crippen LogP contribution >= 0.6 is 31.9 Å². The van der Waals surface area contributed by atoms with Crippen LogP contribution in [0.4, 0.5) is 5.69 Å². The zero-order valence-electron chi connectivity index (χ0n) is 12.2. The maximum absolute atomic E-state index is 12.8. The monoisotopic (exact) mass is 428 g/mol. The van der Waals surface area contributed by atoms with Gasteiger partial charge in [-0.2, -0.15) is 0 Å². The standard InChI is InChI=1S/C16H18Br2N2O2/c17-11-5-6-13(12(18)9-11)20-15(21)10-14(16(20)22)19-7-3-1-2-4-8-19/h5-6,9,14H,1-4,7-8,10H2. The Morgan fingerprint density at radius 2 is 1.68 bits per heavy atom. The third-order valence-electron chi connectivity index (χ3n) is 4.35. The van der Waals surface area contributed by atoms with Crippen molar-refractivity contribution in [2.45, 2.75) is 38.1 Å². The second kappa shape index (κ2) is 6.81. The Morgan fingerprint density at radius 3 is 2.32 bits per heavy atom. The van der Waals surface area contributed by atoms with Gasteiger partial charge in [-0.25, -0.2) is 4.90 Å². The van der Waals surface area contributed by atoms with Gasteiger partial charge in [-0.3, -0.25) is 14.5 Å². The van der Waals surface area contributed by atoms with Gasteiger partial charge >= 0.3 is 0 Å². The van der Waals surface area contributed by atoms with Crippen molar-refractivity contribution in [2.75, 3.05) is 18.0 Å². The molecule has 22 heavy (non-hydrogen) atoms. The fraction of sp³-hybridized carbons (Fsp3) is 0.500. The van der Waals surface area contributed by atoms with E-state index in [1.165, 1.54) is 17.7 Å². The van der Waals surface area contributed by atoms with E-state index in [0.29, 0.717) is 12.1 Å². The molecule has 1 aromatic carbocycles. The summed E-state index contributed by atoms with van der Waals surface area (Å²) in [6.45, 7) is 1.83. The van der Waals surface area contributed by atoms with E-state index in [9.17, 15) is 9.59 Å². The smallest absolute Gasteiger partial charge is 0.251 e. The largest absolute Gasteiger partial charge is 0.292 e. The summed E-state index contributed by atoms with van der Waals surface area (Å²) in [6, 6.07) is 5.21. The first-order valence-corrected chi connectivity index (χ1v) is 9.22. The van der Waals surface area contributed by atoms with Crippen LogP contribution in [0.3, 0.4) is 0 Å². The first kappa shape index (κ1) is 16.1. The highest BCUT2D eigenvalue weighted by molar-refractivity contribution is 9.11. The van der Waals surface area contributed by atoms with Gasteiger partial charge in [-0.1, -0.05) is 28.8 Å². The molecule has 0 saturated carbocycles. The minimum atomic E-state index is -0.291. The Hall–Kier alpha value is -0.720. The molecule has 3 rings (SSSR count). The molecule has 0 aliphatic carbocycles. The van der Waals surface area contributed by atoms with Crippen molar-refractivity contribution in [3.8, 4) is 0 Å². The Kier molecular flexibility index (Phi) is 5.00. The number of carbonyl (C=O) groups is 2. The summed E-state index contributed by atoms with van der Waals surface area (Å²) in [6.07, 6.45) is 4.95. The zero-order valence-corrected chi connectivity index (χ0v) is 15.4. The number of halogens is 2. The third-order valence-corrected chi connectivity index (χ3v) is 5.48. The molecule has 0 bridgehead atoms. The van der Waals surface area contributed by atoms with Crippen LogP contribution < -0.4 is 4.90 Å². The van der Waals surface area contributed by atoms with Gasteiger partial charge < -0.3 is 0 Å². The van der Waals surface area contributed by atoms with Crippen molar-refractivity contribution >= 4 is 49.4 Å². The number of imide groups is 1. The lowest BCUT2D eigenvalue weighted by Gasteiger charge is -2.25. The van der Waals surface area contributed by atoms with Gasteiger partial charge in [-0.05, 0) is 60.1 Å². The zero-order chi connectivity index (χ0) is 15.7. The number of rotatable bonds is 2. The summed E-state index contributed by atoms with van der Waals surface area (Å²) in [4.78, 5) is 28.7. The summed E-state index contributed by atoms with van der Waals surface area (Å²) < 4.78 is 1.66. The van der Waals surface area contributed by atoms with Gasteiger partial charge in [0.1, 0.15) is 0 Å². The summed E-state index contributed by atoms with van der Waals surface area (Å²) >= 11 is 6.84. The number of amides is 2. The Balaban J connectivity index is 1.84. The van der Waals surface area contributed by atoms with Crippen LogP contribution in [0.25, 0.3) is 0 Å². The number of nitrogens with zero attached hydrogens (tertiary/aromatic N) is 2. The summed E-state index contributed by atoms with van der Waals surface area (Å²) in [5.41, 5.74) is 0.635. The second-order valence-electron chi connectivity index (χ2n) is 5.83. The minimum absolute atomic E-state index is 0.0880. The topological polar surface area (TPSA) is 40.6 Å². The molecule has 2 heterocycles. The van der Waals surface area contributed by atoms with E-state index >= 15 is 0 Å². The van der Waals surface area contributed by atoms with E-state index in [-0.39, 0.29) is 17.9 Å². The molecule has 0 radical (unpaired) electrons. The molecule has 6 heteroatoms. The highest BCUT2D eigenvalue weighted by Crippen LogP contribution is 2.34. The van der Waals surface area contributed by atoms with Crippen molar-refractivity contribution in [1.29, 1.82) is 0 Å². The van der Waals surface area contributed by atoms with Crippen LogP contribution in [-0.2, 0) is 9.59 Å². The summed E-state index contributed by atoms with van der Waals surface area (Å²) in [7, 11) is 0. The van der Waals surface area contributed by atoms with Crippen LogP contribution in [0.1, 0.15) is 32.1 Å². The number of benzene rings is 1. The molecule has 2 fully saturated rings. The summed E-state index contributed by atoms with van der Waals surface area (Å²) in [5, 5.41) is 0. The normalized spacial score (nSPS) is 23.9. The van der Waals surface area contributed by atoms with Gasteiger partial charge in [0.25, 0.3) is 5.91 Å². The molecular formula is C16H18Br2N2O2. The number of hydrogen-bond acceptors (Lipinski definition) is 3. The maximum Gasteiger partial charge on any atom is 0.251 e. The summed E-state index contributed by atoms with van der Waals surface area (Å²) in [5.74, 6) is -0.197. The SMILES string of the molecule is O=C1CC(N2CCCCCC2)C(=O)N1c1ccc(Br)cc1Br. The Bertz CT molecular complexity index is 598. The molecule has 2 amide bonds. The molecule has 2 aliphatic heterocycles. The number of anilines is 1. The first-order chi connectivity index (χ1) is 10.6. The highest BCUT2D eigenvalue weighted by atomic mass is 79.9. The lowest BCUT2D eigenvalue weighted by molar-refractivity contribution is -0.122. The van der Waals surface area contributed by atoms with E-state index < -0.39 is 0 Å². The van der Waals surface area contributed by atoms with Crippen LogP contribution in [0, 0.1) is 0 Å². The fourth-order valence-corrected chi connectivity index (χ4v) is 4.45. The Morgan fingerprint density at radius 1 is 1.00 bits per heavy atom. The number of hydrogen-bond donors (Lipinski definition) is 0. The minimum Gasteiger partial charge on any atom is -0.292 e. The van der Waals surface area contributed by atoms with Gasteiger partial charge in [-0.15, -0.1) is 0 Å². The molecule has 0 aromatic heterocycles. The van der Waals surface area contributed by atoms with Crippen molar-refractivity contribution in [3.63, 3.8) is 0 Å². The maximum atomic E-state index is 12.8. The fourth-order valence-electron chi connectivity index (χ4n) is 3.22. The lowest BCUT2D eigenvalue weighted by atomic mass is 10.2. The molecule has 1 atom stereocenters. The van der Waals surface area contributed by atoms with Crippen LogP contribution in [0.2, 0.25) is 0 Å². The molecule has 2 saturated heterocycles. The van der Waals surface area contributed by atoms with Gasteiger partial charge in [0, 0.05) is 8.95 Å². The van der Waals surface area contributed by atoms with E-state index in [2.05, 4.69) is 36.8 Å². The number of carbonyl (C=O) groups excluding carboxylic acids is 2. The van der Waals surface area contributed by atoms with Crippen molar-refractivity contribution in [2.24, 2.45) is 0 Å². The van der Waals surface area contributed by atoms with Gasteiger partial charge in [0.15, 0.2) is 0 Å². The second-order valence-corrected chi connectivity index (χ2v) is 7.60. The number of likely N-dealkylation sites (tertiary alicyclic amines) is 1. The molecule has 4 nitrogen and oxygen atoms in total. The first-order valence-electron chi connectivity index (χ1n) is 7.64. The van der Waals surface area contributed by atoms with E-state index in [4.69, 9.17) is 0 Å². The predicted molar refractivity (Wildman–Crippen MR) is 92.8 cm³/mol. The average Bonchev–Trinajstić information content (AvgIpc) is 2.69. The van der Waals surface area contributed by atoms with Crippen molar-refractivity contribution in [3.05, 3.63) is 27.1 Å². The Labute approximate surface area is 147 Å². The molecule has 0 N–H and O–H groups in total. The van der Waals surface area contributed by atoms with Gasteiger partial charge in [0.2, 0.25) is 5.91 Å². The molecule has 118 valence electrons. The predicted octanol–water partition coefficient (Wildman–Crippen LogP) is 3.72. The molecular weight excluding hydrogens is 412 g/mol. The average molecular weight is 430 g/mol. The van der Waals surface area contributed by atoms with Crippen LogP contribution in [-0.4, -0.2) is 35.8 Å². The van der Waals surface area contributed by atoms with E-state index in [1.54, 1.807) is 6.07 Å². The lowest BCUT2D eigenvalue weighted by Crippen LogP contribution is -2.42. The highest BCUT2D eigenvalue weighted by Gasteiger charge is 2.43. The molecule has 1 aromatic rings. The van der Waals surface area contributed by atoms with Crippen LogP contribution in [0.15, 0.2) is 27.1 Å².